The Balaban J connectivity index is 1.32. The Morgan fingerprint density at radius 2 is 1.94 bits per heavy atom. The largest absolute Gasteiger partial charge is 0.490 e. The average molecular weight is 715 g/mol. The molecule has 0 radical (unpaired) electrons. The zero-order chi connectivity index (χ0) is 33.0. The second-order valence-corrected chi connectivity index (χ2v) is 20.0. The van der Waals surface area contributed by atoms with Crippen LogP contribution in [0.2, 0.25) is 5.02 Å². The molecule has 1 saturated heterocycles. The Hall–Kier alpha value is -1.78. The highest BCUT2D eigenvalue weighted by Gasteiger charge is 2.52. The first-order valence-electron chi connectivity index (χ1n) is 17.1. The number of hydrogen-bond acceptors (Lipinski definition) is 7. The van der Waals surface area contributed by atoms with Crippen LogP contribution in [0.1, 0.15) is 67.4 Å². The van der Waals surface area contributed by atoms with Gasteiger partial charge in [-0.25, -0.2) is 4.21 Å². The molecule has 1 saturated carbocycles. The first-order chi connectivity index (χ1) is 22.5. The Morgan fingerprint density at radius 3 is 2.70 bits per heavy atom. The first-order valence-corrected chi connectivity index (χ1v) is 21.5. The lowest BCUT2D eigenvalue weighted by Gasteiger charge is -2.51. The van der Waals surface area contributed by atoms with Crippen LogP contribution in [0.3, 0.4) is 0 Å². The summed E-state index contributed by atoms with van der Waals surface area (Å²) >= 11 is 10.3. The van der Waals surface area contributed by atoms with Crippen molar-refractivity contribution in [2.45, 2.75) is 68.0 Å². The zero-order valence-electron chi connectivity index (χ0n) is 27.4. The fraction of sp³-hybridized carbons (Fsp3) is 0.568. The molecule has 2 fully saturated rings. The van der Waals surface area contributed by atoms with Crippen molar-refractivity contribution < 1.29 is 18.8 Å². The van der Waals surface area contributed by atoms with Crippen molar-refractivity contribution in [2.24, 2.45) is 23.7 Å². The van der Waals surface area contributed by atoms with Gasteiger partial charge in [0, 0.05) is 44.6 Å². The molecule has 47 heavy (non-hydrogen) atoms. The second-order valence-electron chi connectivity index (χ2n) is 14.7. The molecule has 10 heteroatoms. The lowest BCUT2D eigenvalue weighted by Crippen LogP contribution is -2.55. The van der Waals surface area contributed by atoms with Crippen molar-refractivity contribution in [3.63, 3.8) is 0 Å². The van der Waals surface area contributed by atoms with Gasteiger partial charge in [0.25, 0.3) is 5.91 Å². The van der Waals surface area contributed by atoms with Gasteiger partial charge in [-0.1, -0.05) is 43.7 Å². The number of carbonyl (C=O) groups excluding carboxylic acids is 1. The molecule has 2 N–H and O–H groups in total. The average Bonchev–Trinajstić information content (AvgIpc) is 3.18. The molecular weight excluding hydrogens is 668 g/mol. The number of hydrogen-bond donors (Lipinski definition) is 2. The minimum Gasteiger partial charge on any atom is -0.490 e. The minimum atomic E-state index is -2.91. The highest BCUT2D eigenvalue weighted by Crippen LogP contribution is 2.53. The van der Waals surface area contributed by atoms with Gasteiger partial charge < -0.3 is 14.7 Å². The third kappa shape index (κ3) is 6.61. The maximum absolute atomic E-state index is 13.7. The predicted octanol–water partition coefficient (Wildman–Crippen LogP) is 6.97. The predicted molar refractivity (Wildman–Crippen MR) is 200 cm³/mol. The molecule has 2 aromatic carbocycles. The van der Waals surface area contributed by atoms with Crippen LogP contribution >= 0.6 is 35.1 Å². The molecule has 1 unspecified atom stereocenters. The standard InChI is InChI=1S/C37H47ClN2O4S3/c1-24-13-15-37(42,35-45-16-5-17-46-35)31-10-7-28(31)20-40-22-36(14-4-6-26-18-29(38)9-11-30(26)36)23-44-33-12-8-27(19-32(33)40)34(41)39-47(3,43)21-25(24)2/h8-9,11-13,15,18-19,24-25,28,31,35,42H,3-7,10,14,16-17,20-23H2,1-2H3,(H,39,41,43)/b15-13+/t24-,25+,28-,31+,36-,37-,47?/m0/s1. The Labute approximate surface area is 294 Å². The van der Waals surface area contributed by atoms with Crippen molar-refractivity contribution in [2.75, 3.05) is 41.9 Å². The number of halogens is 1. The molecule has 0 aromatic heterocycles. The van der Waals surface area contributed by atoms with Gasteiger partial charge in [-0.15, -0.1) is 23.5 Å². The monoisotopic (exact) mass is 714 g/mol. The Morgan fingerprint density at radius 1 is 1.13 bits per heavy atom. The molecule has 3 aliphatic heterocycles. The quantitative estimate of drug-likeness (QED) is 0.244. The molecular formula is C37H47ClN2O4S3. The number of aryl methyl sites for hydroxylation is 1. The molecule has 1 spiro atoms. The number of carbonyl (C=O) groups is 1. The smallest absolute Gasteiger partial charge is 0.262 e. The van der Waals surface area contributed by atoms with E-state index in [9.17, 15) is 14.1 Å². The third-order valence-electron chi connectivity index (χ3n) is 11.3. The Kier molecular flexibility index (Phi) is 9.44. The van der Waals surface area contributed by atoms with Crippen LogP contribution < -0.4 is 14.4 Å². The summed E-state index contributed by atoms with van der Waals surface area (Å²) in [5.41, 5.74) is 2.72. The number of aliphatic hydroxyl groups is 1. The van der Waals surface area contributed by atoms with Gasteiger partial charge in [-0.3, -0.25) is 9.52 Å². The molecule has 3 heterocycles. The van der Waals surface area contributed by atoms with Crippen molar-refractivity contribution in [1.29, 1.82) is 0 Å². The van der Waals surface area contributed by atoms with E-state index in [-0.39, 0.29) is 45.3 Å². The van der Waals surface area contributed by atoms with Crippen molar-refractivity contribution in [3.05, 3.63) is 70.3 Å². The highest BCUT2D eigenvalue weighted by atomic mass is 35.5. The summed E-state index contributed by atoms with van der Waals surface area (Å²) < 4.78 is 23.2. The van der Waals surface area contributed by atoms with Crippen LogP contribution in [-0.2, 0) is 21.5 Å². The maximum atomic E-state index is 13.7. The lowest BCUT2D eigenvalue weighted by atomic mass is 9.64. The number of nitrogens with one attached hydrogen (secondary N) is 1. The molecule has 1 amide bonds. The van der Waals surface area contributed by atoms with Gasteiger partial charge in [-0.05, 0) is 121 Å². The number of nitrogens with zero attached hydrogens (tertiary/aromatic N) is 1. The van der Waals surface area contributed by atoms with E-state index in [0.717, 1.165) is 73.2 Å². The van der Waals surface area contributed by atoms with Gasteiger partial charge in [0.15, 0.2) is 0 Å². The molecule has 2 aromatic rings. The molecule has 2 aliphatic carbocycles. The van der Waals surface area contributed by atoms with E-state index < -0.39 is 15.3 Å². The normalized spacial score (nSPS) is 37.0. The summed E-state index contributed by atoms with van der Waals surface area (Å²) in [4.78, 5) is 16.0. The number of thioether (sulfide) groups is 2. The van der Waals surface area contributed by atoms with Crippen LogP contribution in [0.25, 0.3) is 0 Å². The third-order valence-corrected chi connectivity index (χ3v) is 16.4. The second kappa shape index (κ2) is 13.2. The summed E-state index contributed by atoms with van der Waals surface area (Å²) in [6, 6.07) is 11.9. The van der Waals surface area contributed by atoms with Gasteiger partial charge in [-0.2, -0.15) is 0 Å². The number of rotatable bonds is 1. The fourth-order valence-electron chi connectivity index (χ4n) is 8.41. The Bertz CT molecular complexity index is 1660. The zero-order valence-corrected chi connectivity index (χ0v) is 30.6. The van der Waals surface area contributed by atoms with Gasteiger partial charge in [0.05, 0.1) is 16.9 Å². The molecule has 7 atom stereocenters. The van der Waals surface area contributed by atoms with E-state index >= 15 is 0 Å². The fourth-order valence-corrected chi connectivity index (χ4v) is 13.5. The number of benzene rings is 2. The van der Waals surface area contributed by atoms with Crippen LogP contribution in [0.5, 0.6) is 5.75 Å². The maximum Gasteiger partial charge on any atom is 0.262 e. The van der Waals surface area contributed by atoms with Crippen molar-refractivity contribution in [1.82, 2.24) is 4.72 Å². The van der Waals surface area contributed by atoms with Gasteiger partial charge in [0.2, 0.25) is 0 Å². The van der Waals surface area contributed by atoms with E-state index in [4.69, 9.17) is 16.3 Å². The molecule has 6 nitrogen and oxygen atoms in total. The lowest BCUT2D eigenvalue weighted by molar-refractivity contribution is -0.0335. The van der Waals surface area contributed by atoms with Crippen LogP contribution in [0, 0.1) is 23.7 Å². The number of anilines is 1. The van der Waals surface area contributed by atoms with Crippen LogP contribution in [0.15, 0.2) is 48.6 Å². The summed E-state index contributed by atoms with van der Waals surface area (Å²) in [5, 5.41) is 13.5. The SMILES string of the molecule is C=S1(=O)C[C@@H](C)[C@@H](C)/C=C/[C@@](O)(C2SCCCS2)[C@@H]2CC[C@H]2CN2C[C@@]3(CCCc4cc(Cl)ccc43)COc3ccc(cc32)C(=O)N1. The minimum absolute atomic E-state index is 0.00191. The van der Waals surface area contributed by atoms with E-state index in [1.807, 2.05) is 41.7 Å². The topological polar surface area (TPSA) is 78.9 Å². The first kappa shape index (κ1) is 33.7. The summed E-state index contributed by atoms with van der Waals surface area (Å²) in [7, 11) is -2.91. The number of fused-ring (bicyclic) bond motifs is 4. The number of amides is 1. The highest BCUT2D eigenvalue weighted by molar-refractivity contribution is 8.17. The van der Waals surface area contributed by atoms with E-state index in [1.165, 1.54) is 17.5 Å². The summed E-state index contributed by atoms with van der Waals surface area (Å²) in [5.74, 6) is 7.17. The number of ether oxygens (including phenoxy) is 1. The van der Waals surface area contributed by atoms with Crippen molar-refractivity contribution >= 4 is 62.3 Å². The summed E-state index contributed by atoms with van der Waals surface area (Å²) in [6.07, 6.45) is 10.5. The molecule has 254 valence electrons. The molecule has 5 aliphatic rings. The van der Waals surface area contributed by atoms with Gasteiger partial charge in [0.1, 0.15) is 11.4 Å². The van der Waals surface area contributed by atoms with E-state index in [1.54, 1.807) is 6.07 Å². The van der Waals surface area contributed by atoms with Crippen molar-refractivity contribution in [3.8, 4) is 5.75 Å². The van der Waals surface area contributed by atoms with E-state index in [0.29, 0.717) is 12.2 Å². The van der Waals surface area contributed by atoms with E-state index in [2.05, 4.69) is 53.6 Å². The van der Waals surface area contributed by atoms with Crippen LogP contribution in [-0.4, -0.2) is 68.2 Å². The molecule has 2 bridgehead atoms. The molecule has 7 rings (SSSR count). The summed E-state index contributed by atoms with van der Waals surface area (Å²) in [6.45, 7) is 6.20. The van der Waals surface area contributed by atoms with Crippen LogP contribution in [0.4, 0.5) is 5.69 Å². The number of allylic oxidation sites excluding steroid dienone is 1. The van der Waals surface area contributed by atoms with Gasteiger partial charge >= 0.3 is 0 Å².